The number of aromatic hydroxyl groups is 1. The summed E-state index contributed by atoms with van der Waals surface area (Å²) in [5, 5.41) is 34.5. The highest BCUT2D eigenvalue weighted by atomic mass is 32.2. The lowest BCUT2D eigenvalue weighted by Crippen LogP contribution is -2.60. The Kier molecular flexibility index (Phi) is 7.23. The van der Waals surface area contributed by atoms with Crippen LogP contribution in [0.15, 0.2) is 26.6 Å². The van der Waals surface area contributed by atoms with Crippen molar-refractivity contribution < 1.29 is 29.7 Å². The summed E-state index contributed by atoms with van der Waals surface area (Å²) in [6, 6.07) is 1.25. The quantitative estimate of drug-likeness (QED) is 0.377. The van der Waals surface area contributed by atoms with Crippen LogP contribution >= 0.6 is 58.4 Å². The average Bonchev–Trinajstić information content (AvgIpc) is 3.43. The Hall–Kier alpha value is -2.14. The van der Waals surface area contributed by atoms with E-state index in [4.69, 9.17) is 0 Å². The summed E-state index contributed by atoms with van der Waals surface area (Å²) < 4.78 is -0.827. The number of hydrogen-bond donors (Lipinski definition) is 4. The molecule has 6 rings (SSSR count). The molecule has 3 atom stereocenters. The van der Waals surface area contributed by atoms with Crippen molar-refractivity contribution in [3.63, 3.8) is 0 Å². The largest absolute Gasteiger partial charge is 0.493 e. The maximum atomic E-state index is 14.3. The number of nitrogens with one attached hydrogen (secondary N) is 1. The summed E-state index contributed by atoms with van der Waals surface area (Å²) in [4.78, 5) is 54.8. The van der Waals surface area contributed by atoms with Crippen LogP contribution in [-0.2, 0) is 15.3 Å². The number of nitrogens with zero attached hydrogens (tertiary/aromatic N) is 2. The van der Waals surface area contributed by atoms with Crippen LogP contribution in [-0.4, -0.2) is 57.4 Å². The van der Waals surface area contributed by atoms with E-state index in [1.54, 1.807) is 16.7 Å². The molecular formula is C26H25N3O7S5. The SMILES string of the molecule is CCC1(CC)C2=C(c3cc4c(c(C)c3N1C(=O)Nn1c(O)csc1=O)C=CSC4)C1(SC(=O)C(O)S1)C(=O)C(O)S2. The Labute approximate surface area is 255 Å². The van der Waals surface area contributed by atoms with Crippen molar-refractivity contribution in [2.75, 3.05) is 10.3 Å². The van der Waals surface area contributed by atoms with Crippen molar-refractivity contribution >= 4 is 92.7 Å². The Morgan fingerprint density at radius 3 is 2.51 bits per heavy atom. The molecule has 0 bridgehead atoms. The van der Waals surface area contributed by atoms with Crippen LogP contribution in [0.2, 0.25) is 0 Å². The molecular weight excluding hydrogens is 627 g/mol. The molecule has 3 unspecified atom stereocenters. The molecule has 1 saturated heterocycles. The van der Waals surface area contributed by atoms with Gasteiger partial charge in [-0.05, 0) is 54.0 Å². The van der Waals surface area contributed by atoms with Gasteiger partial charge in [0.25, 0.3) is 0 Å². The summed E-state index contributed by atoms with van der Waals surface area (Å²) in [5.41, 5.74) is 2.70. The van der Waals surface area contributed by atoms with Crippen LogP contribution in [0.4, 0.5) is 10.5 Å². The Bertz CT molecular complexity index is 1640. The molecule has 1 aromatic carbocycles. The number of thiazole rings is 1. The first kappa shape index (κ1) is 29.0. The molecule has 0 saturated carbocycles. The van der Waals surface area contributed by atoms with Gasteiger partial charge in [0, 0.05) is 21.8 Å². The number of aliphatic hydroxyl groups is 2. The highest BCUT2D eigenvalue weighted by Gasteiger charge is 2.64. The van der Waals surface area contributed by atoms with Crippen LogP contribution in [0, 0.1) is 6.92 Å². The molecule has 4 N–H and O–H groups in total. The number of ketones is 1. The third-order valence-electron chi connectivity index (χ3n) is 7.91. The van der Waals surface area contributed by atoms with Crippen molar-refractivity contribution in [3.05, 3.63) is 53.7 Å². The predicted molar refractivity (Wildman–Crippen MR) is 167 cm³/mol. The van der Waals surface area contributed by atoms with Crippen LogP contribution in [0.1, 0.15) is 48.9 Å². The number of thioether (sulfide) groups is 4. The number of benzene rings is 1. The molecule has 4 aliphatic rings. The lowest BCUT2D eigenvalue weighted by molar-refractivity contribution is -0.122. The number of aromatic nitrogens is 1. The summed E-state index contributed by atoms with van der Waals surface area (Å²) in [6.45, 7) is 5.67. The summed E-state index contributed by atoms with van der Waals surface area (Å²) in [7, 11) is 0. The van der Waals surface area contributed by atoms with E-state index in [2.05, 4.69) is 5.43 Å². The minimum absolute atomic E-state index is 0.359. The molecule has 2 aromatic rings. The first-order chi connectivity index (χ1) is 19.5. The first-order valence-corrected chi connectivity index (χ1v) is 17.2. The maximum absolute atomic E-state index is 14.3. The number of carbonyl (C=O) groups is 3. The van der Waals surface area contributed by atoms with E-state index in [-0.39, 0.29) is 0 Å². The van der Waals surface area contributed by atoms with Crippen molar-refractivity contribution in [1.82, 2.24) is 4.68 Å². The lowest BCUT2D eigenvalue weighted by atomic mass is 9.77. The van der Waals surface area contributed by atoms with Gasteiger partial charge in [0.2, 0.25) is 16.8 Å². The van der Waals surface area contributed by atoms with Gasteiger partial charge in [0.1, 0.15) is 0 Å². The molecule has 10 nitrogen and oxygen atoms in total. The second-order valence-corrected chi connectivity index (χ2v) is 15.4. The number of hydrogen-bond acceptors (Lipinski definition) is 12. The molecule has 15 heteroatoms. The number of Topliss-reactive ketones (excluding diaryl/α,β-unsaturated/α-hetero) is 1. The van der Waals surface area contributed by atoms with Gasteiger partial charge < -0.3 is 15.3 Å². The van der Waals surface area contributed by atoms with Gasteiger partial charge >= 0.3 is 10.9 Å². The summed E-state index contributed by atoms with van der Waals surface area (Å²) >= 11 is 4.82. The lowest BCUT2D eigenvalue weighted by Gasteiger charge is -2.53. The minimum Gasteiger partial charge on any atom is -0.493 e. The number of fused-ring (bicyclic) bond motifs is 4. The zero-order chi connectivity index (χ0) is 29.4. The molecule has 41 heavy (non-hydrogen) atoms. The average molecular weight is 652 g/mol. The van der Waals surface area contributed by atoms with Gasteiger partial charge in [-0.25, -0.2) is 10.2 Å². The van der Waals surface area contributed by atoms with E-state index in [1.807, 2.05) is 38.3 Å². The fourth-order valence-corrected chi connectivity index (χ4v) is 11.9. The third-order valence-corrected chi connectivity index (χ3v) is 13.7. The number of anilines is 1. The molecule has 0 radical (unpaired) electrons. The van der Waals surface area contributed by atoms with Crippen molar-refractivity contribution in [2.24, 2.45) is 0 Å². The zero-order valence-corrected chi connectivity index (χ0v) is 26.1. The number of urea groups is 1. The van der Waals surface area contributed by atoms with E-state index in [0.717, 1.165) is 68.0 Å². The van der Waals surface area contributed by atoms with Gasteiger partial charge in [0.15, 0.2) is 15.0 Å². The third kappa shape index (κ3) is 4.03. The predicted octanol–water partition coefficient (Wildman–Crippen LogP) is 4.25. The van der Waals surface area contributed by atoms with Crippen LogP contribution in [0.3, 0.4) is 0 Å². The molecule has 1 spiro atoms. The zero-order valence-electron chi connectivity index (χ0n) is 22.0. The number of aliphatic hydroxyl groups excluding tert-OH is 2. The first-order valence-electron chi connectivity index (χ1n) is 12.7. The summed E-state index contributed by atoms with van der Waals surface area (Å²) in [6.07, 6.45) is 2.69. The van der Waals surface area contributed by atoms with Gasteiger partial charge in [-0.2, -0.15) is 4.68 Å². The van der Waals surface area contributed by atoms with Crippen molar-refractivity contribution in [1.29, 1.82) is 0 Å². The highest BCUT2D eigenvalue weighted by molar-refractivity contribution is 8.32. The summed E-state index contributed by atoms with van der Waals surface area (Å²) in [5.74, 6) is -0.354. The fraction of sp³-hybridized carbons (Fsp3) is 0.385. The smallest absolute Gasteiger partial charge is 0.342 e. The normalized spacial score (nSPS) is 26.3. The van der Waals surface area contributed by atoms with E-state index in [0.29, 0.717) is 40.3 Å². The van der Waals surface area contributed by atoms with Crippen molar-refractivity contribution in [2.45, 2.75) is 59.9 Å². The minimum atomic E-state index is -1.61. The Morgan fingerprint density at radius 2 is 1.90 bits per heavy atom. The monoisotopic (exact) mass is 651 g/mol. The molecule has 4 aliphatic heterocycles. The Balaban J connectivity index is 1.70. The molecule has 1 fully saturated rings. The van der Waals surface area contributed by atoms with E-state index in [9.17, 15) is 34.5 Å². The highest BCUT2D eigenvalue weighted by Crippen LogP contribution is 2.67. The molecule has 5 heterocycles. The van der Waals surface area contributed by atoms with E-state index in [1.165, 1.54) is 5.38 Å². The maximum Gasteiger partial charge on any atom is 0.342 e. The molecule has 1 aromatic heterocycles. The molecule has 0 aliphatic carbocycles. The second kappa shape index (κ2) is 10.2. The van der Waals surface area contributed by atoms with Crippen LogP contribution in [0.5, 0.6) is 5.88 Å². The van der Waals surface area contributed by atoms with Crippen LogP contribution in [0.25, 0.3) is 11.6 Å². The number of amides is 2. The van der Waals surface area contributed by atoms with Gasteiger partial charge in [-0.15, -0.1) is 11.8 Å². The van der Waals surface area contributed by atoms with Gasteiger partial charge in [-0.1, -0.05) is 60.5 Å². The van der Waals surface area contributed by atoms with Crippen molar-refractivity contribution in [3.8, 4) is 5.88 Å². The second-order valence-electron chi connectivity index (χ2n) is 9.82. The topological polar surface area (TPSA) is 149 Å². The van der Waals surface area contributed by atoms with E-state index >= 15 is 0 Å². The fourth-order valence-electron chi connectivity index (χ4n) is 5.97. The molecule has 2 amide bonds. The standard InChI is InChI=1S/C26H25N3O7S5/c1-4-25(5-2)19-16(26(18(31)20(32)39-19)40-21(33)22(34)41-26)14-8-12-9-37-7-6-13(12)11(3)17(14)28(25)23(35)27-29-15(30)10-38-24(29)36/h6-8,10,20-21,30,32-33H,4-5,9H2,1-3H3,(H,27,35). The van der Waals surface area contributed by atoms with Gasteiger partial charge in [-0.3, -0.25) is 19.3 Å². The Morgan fingerprint density at radius 1 is 1.17 bits per heavy atom. The molecule has 216 valence electrons. The number of carbonyl (C=O) groups excluding carboxylic acids is 3. The number of rotatable bonds is 3. The van der Waals surface area contributed by atoms with E-state index < -0.39 is 48.2 Å². The van der Waals surface area contributed by atoms with Gasteiger partial charge in [0.05, 0.1) is 16.6 Å². The van der Waals surface area contributed by atoms with Crippen LogP contribution < -0.4 is 15.2 Å².